The first kappa shape index (κ1) is 13.6. The minimum atomic E-state index is 0.385. The summed E-state index contributed by atoms with van der Waals surface area (Å²) in [4.78, 5) is 10.3. The summed E-state index contributed by atoms with van der Waals surface area (Å²) < 4.78 is 0. The topological polar surface area (TPSA) is 17.1 Å². The Morgan fingerprint density at radius 2 is 1.53 bits per heavy atom. The highest BCUT2D eigenvalue weighted by Crippen LogP contribution is 2.01. The first-order chi connectivity index (χ1) is 7.06. The lowest BCUT2D eigenvalue weighted by atomic mass is 10.1. The zero-order valence-corrected chi connectivity index (χ0v) is 10.0. The largest absolute Gasteiger partial charge is 0.298 e. The zero-order valence-electron chi connectivity index (χ0n) is 10.0. The monoisotopic (exact) mass is 204 g/mol. The van der Waals surface area contributed by atoms with E-state index in [0.29, 0.717) is 5.92 Å². The van der Waals surface area contributed by atoms with E-state index < -0.39 is 0 Å². The van der Waals surface area contributed by atoms with Gasteiger partial charge in [0.25, 0.3) is 0 Å². The smallest absolute Gasteiger partial charge is 0.145 e. The van der Waals surface area contributed by atoms with E-state index in [1.54, 1.807) is 6.92 Å². The fourth-order valence-corrected chi connectivity index (χ4v) is 0.909. The van der Waals surface area contributed by atoms with Crippen molar-refractivity contribution in [1.82, 2.24) is 0 Å². The van der Waals surface area contributed by atoms with E-state index in [2.05, 4.69) is 45.1 Å². The van der Waals surface area contributed by atoms with Crippen molar-refractivity contribution < 1.29 is 4.79 Å². The average Bonchev–Trinajstić information content (AvgIpc) is 2.17. The minimum Gasteiger partial charge on any atom is -0.298 e. The van der Waals surface area contributed by atoms with Gasteiger partial charge in [-0.25, -0.2) is 0 Å². The van der Waals surface area contributed by atoms with Crippen LogP contribution >= 0.6 is 0 Å². The molecule has 0 radical (unpaired) electrons. The molecule has 0 aliphatic rings. The second kappa shape index (κ2) is 7.98. The molecule has 0 heterocycles. The minimum absolute atomic E-state index is 0.385. The lowest BCUT2D eigenvalue weighted by molar-refractivity contribution is -0.104. The van der Waals surface area contributed by atoms with E-state index in [-0.39, 0.29) is 0 Å². The Hall–Kier alpha value is -1.37. The molecule has 0 spiro atoms. The first-order valence-corrected chi connectivity index (χ1v) is 5.18. The summed E-state index contributed by atoms with van der Waals surface area (Å²) in [6.07, 6.45) is 12.9. The molecule has 0 rings (SSSR count). The molecule has 0 amide bonds. The lowest BCUT2D eigenvalue weighted by Crippen LogP contribution is -1.81. The normalized spacial score (nSPS) is 14.5. The van der Waals surface area contributed by atoms with Crippen molar-refractivity contribution in [1.29, 1.82) is 0 Å². The summed E-state index contributed by atoms with van der Waals surface area (Å²) in [7, 11) is 0. The third-order valence-corrected chi connectivity index (χ3v) is 1.80. The van der Waals surface area contributed by atoms with Gasteiger partial charge in [-0.05, 0) is 32.3 Å². The number of carbonyl (C=O) groups excluding carboxylic acids is 1. The van der Waals surface area contributed by atoms with Crippen molar-refractivity contribution in [3.63, 3.8) is 0 Å². The Morgan fingerprint density at radius 3 is 2.00 bits per heavy atom. The van der Waals surface area contributed by atoms with Gasteiger partial charge in [0.05, 0.1) is 0 Å². The van der Waals surface area contributed by atoms with Crippen LogP contribution in [0.3, 0.4) is 0 Å². The quantitative estimate of drug-likeness (QED) is 0.378. The first-order valence-electron chi connectivity index (χ1n) is 5.18. The van der Waals surface area contributed by atoms with Crippen molar-refractivity contribution in [2.24, 2.45) is 5.92 Å². The van der Waals surface area contributed by atoms with Crippen LogP contribution < -0.4 is 0 Å². The summed E-state index contributed by atoms with van der Waals surface area (Å²) in [5.74, 6) is 0.385. The van der Waals surface area contributed by atoms with E-state index in [0.717, 1.165) is 11.9 Å². The molecule has 0 aliphatic carbocycles. The predicted octanol–water partition coefficient (Wildman–Crippen LogP) is 3.85. The molecule has 0 saturated carbocycles. The third kappa shape index (κ3) is 8.95. The number of allylic oxidation sites excluding steroid dienone is 8. The molecular weight excluding hydrogens is 184 g/mol. The maximum Gasteiger partial charge on any atom is 0.145 e. The van der Waals surface area contributed by atoms with Gasteiger partial charge in [0.2, 0.25) is 0 Å². The molecule has 0 saturated heterocycles. The molecule has 1 heteroatoms. The summed E-state index contributed by atoms with van der Waals surface area (Å²) >= 11 is 0. The maximum atomic E-state index is 10.3. The van der Waals surface area contributed by atoms with Crippen molar-refractivity contribution >= 4 is 6.29 Å². The molecule has 0 aromatic rings. The van der Waals surface area contributed by atoms with Gasteiger partial charge in [0.15, 0.2) is 0 Å². The van der Waals surface area contributed by atoms with Crippen molar-refractivity contribution in [2.45, 2.75) is 27.7 Å². The number of hydrogen-bond acceptors (Lipinski definition) is 1. The molecule has 1 unspecified atom stereocenters. The van der Waals surface area contributed by atoms with Gasteiger partial charge in [-0.3, -0.25) is 4.79 Å². The van der Waals surface area contributed by atoms with Gasteiger partial charge < -0.3 is 0 Å². The Morgan fingerprint density at radius 1 is 1.00 bits per heavy atom. The Kier molecular flexibility index (Phi) is 7.25. The van der Waals surface area contributed by atoms with Crippen LogP contribution in [0.1, 0.15) is 27.7 Å². The van der Waals surface area contributed by atoms with Gasteiger partial charge in [-0.1, -0.05) is 49.0 Å². The number of aldehydes is 1. The molecule has 0 aromatic heterocycles. The summed E-state index contributed by atoms with van der Waals surface area (Å²) in [5, 5.41) is 0. The molecule has 82 valence electrons. The number of carbonyl (C=O) groups is 1. The highest BCUT2D eigenvalue weighted by atomic mass is 16.1. The van der Waals surface area contributed by atoms with Crippen molar-refractivity contribution in [3.8, 4) is 0 Å². The van der Waals surface area contributed by atoms with Crippen LogP contribution in [0.2, 0.25) is 0 Å². The van der Waals surface area contributed by atoms with E-state index in [1.165, 1.54) is 5.57 Å². The average molecular weight is 204 g/mol. The van der Waals surface area contributed by atoms with Gasteiger partial charge in [0.1, 0.15) is 6.29 Å². The van der Waals surface area contributed by atoms with Crippen LogP contribution in [0.15, 0.2) is 47.6 Å². The van der Waals surface area contributed by atoms with Crippen molar-refractivity contribution in [2.75, 3.05) is 0 Å². The molecule has 0 N–H and O–H groups in total. The van der Waals surface area contributed by atoms with E-state index >= 15 is 0 Å². The van der Waals surface area contributed by atoms with Crippen LogP contribution in [0, 0.1) is 5.92 Å². The Bertz CT molecular complexity index is 299. The fraction of sp³-hybridized carbons (Fsp3) is 0.357. The van der Waals surface area contributed by atoms with Crippen LogP contribution in [0.4, 0.5) is 0 Å². The molecule has 0 bridgehead atoms. The molecule has 0 fully saturated rings. The summed E-state index contributed by atoms with van der Waals surface area (Å²) in [5.41, 5.74) is 2.03. The van der Waals surface area contributed by atoms with E-state index in [4.69, 9.17) is 0 Å². The molecule has 15 heavy (non-hydrogen) atoms. The molecule has 0 aliphatic heterocycles. The standard InChI is InChI=1S/C14H20O/c1-12(2)7-5-8-13(3)9-6-10-14(4)11-15/h5-11,13H,1-4H3. The zero-order chi connectivity index (χ0) is 11.7. The molecule has 0 aromatic carbocycles. The van der Waals surface area contributed by atoms with Crippen LogP contribution in [-0.4, -0.2) is 6.29 Å². The summed E-state index contributed by atoms with van der Waals surface area (Å²) in [6.45, 7) is 8.04. The Labute approximate surface area is 92.9 Å². The van der Waals surface area contributed by atoms with Crippen LogP contribution in [0.5, 0.6) is 0 Å². The molecule has 1 nitrogen and oxygen atoms in total. The van der Waals surface area contributed by atoms with E-state index in [1.807, 2.05) is 12.2 Å². The highest BCUT2D eigenvalue weighted by Gasteiger charge is 1.87. The van der Waals surface area contributed by atoms with Crippen LogP contribution in [0.25, 0.3) is 0 Å². The van der Waals surface area contributed by atoms with Crippen LogP contribution in [-0.2, 0) is 4.79 Å². The van der Waals surface area contributed by atoms with E-state index in [9.17, 15) is 4.79 Å². The van der Waals surface area contributed by atoms with Crippen molar-refractivity contribution in [3.05, 3.63) is 47.6 Å². The van der Waals surface area contributed by atoms with Gasteiger partial charge >= 0.3 is 0 Å². The van der Waals surface area contributed by atoms with Gasteiger partial charge in [-0.2, -0.15) is 0 Å². The Balaban J connectivity index is 4.14. The molecule has 1 atom stereocenters. The maximum absolute atomic E-state index is 10.3. The number of rotatable bonds is 5. The second-order valence-corrected chi connectivity index (χ2v) is 3.90. The van der Waals surface area contributed by atoms with Gasteiger partial charge in [0, 0.05) is 0 Å². The molecular formula is C14H20O. The predicted molar refractivity (Wildman–Crippen MR) is 66.7 cm³/mol. The summed E-state index contributed by atoms with van der Waals surface area (Å²) in [6, 6.07) is 0. The van der Waals surface area contributed by atoms with Gasteiger partial charge in [-0.15, -0.1) is 0 Å². The SMILES string of the molecule is CC(C)=CC=CC(C)C=CC=C(C)C=O. The number of hydrogen-bond donors (Lipinski definition) is 0. The fourth-order valence-electron chi connectivity index (χ4n) is 0.909. The lowest BCUT2D eigenvalue weighted by Gasteiger charge is -1.95. The second-order valence-electron chi connectivity index (χ2n) is 3.90. The highest BCUT2D eigenvalue weighted by molar-refractivity contribution is 5.72. The third-order valence-electron chi connectivity index (χ3n) is 1.80.